The van der Waals surface area contributed by atoms with E-state index in [2.05, 4.69) is 43.2 Å². The van der Waals surface area contributed by atoms with Gasteiger partial charge < -0.3 is 5.11 Å². The molecule has 0 aliphatic rings. The number of hydrogen-bond donors (Lipinski definition) is 2. The summed E-state index contributed by atoms with van der Waals surface area (Å²) in [7, 11) is -3.78. The van der Waals surface area contributed by atoms with Gasteiger partial charge in [-0.1, -0.05) is 38.4 Å². The summed E-state index contributed by atoms with van der Waals surface area (Å²) in [5, 5.41) is 9.04. The van der Waals surface area contributed by atoms with E-state index in [1.807, 2.05) is 0 Å². The zero-order valence-electron chi connectivity index (χ0n) is 9.91. The quantitative estimate of drug-likeness (QED) is 0.778. The van der Waals surface area contributed by atoms with Crippen LogP contribution in [0.1, 0.15) is 15.9 Å². The maximum absolute atomic E-state index is 12.0. The predicted octanol–water partition coefficient (Wildman–Crippen LogP) is 2.64. The Kier molecular flexibility index (Phi) is 5.31. The number of nitrogens with one attached hydrogen (secondary N) is 1. The van der Waals surface area contributed by atoms with Crippen LogP contribution in [0.2, 0.25) is 0 Å². The van der Waals surface area contributed by atoms with Gasteiger partial charge in [-0.25, -0.2) is 17.9 Å². The van der Waals surface area contributed by atoms with E-state index in [0.717, 1.165) is 6.07 Å². The van der Waals surface area contributed by atoms with Crippen LogP contribution in [0, 0.1) is 6.92 Å². The van der Waals surface area contributed by atoms with Crippen molar-refractivity contribution in [2.75, 3.05) is 6.54 Å². The van der Waals surface area contributed by atoms with Crippen LogP contribution in [-0.4, -0.2) is 26.0 Å². The fourth-order valence-electron chi connectivity index (χ4n) is 1.29. The summed E-state index contributed by atoms with van der Waals surface area (Å²) < 4.78 is 27.2. The average Bonchev–Trinajstić information content (AvgIpc) is 2.29. The molecule has 0 saturated carbocycles. The van der Waals surface area contributed by atoms with Crippen molar-refractivity contribution < 1.29 is 18.3 Å². The Bertz CT molecular complexity index is 640. The smallest absolute Gasteiger partial charge is 0.336 e. The number of hydrogen-bond acceptors (Lipinski definition) is 3. The second-order valence-corrected chi connectivity index (χ2v) is 7.47. The van der Waals surface area contributed by atoms with E-state index >= 15 is 0 Å². The molecular weight excluding hydrogens is 402 g/mol. The van der Waals surface area contributed by atoms with E-state index in [9.17, 15) is 13.2 Å². The lowest BCUT2D eigenvalue weighted by Gasteiger charge is -2.10. The molecule has 0 aliphatic heterocycles. The summed E-state index contributed by atoms with van der Waals surface area (Å²) in [6.07, 6.45) is 0. The van der Waals surface area contributed by atoms with E-state index in [-0.39, 0.29) is 17.0 Å². The Hall–Kier alpha value is -0.700. The highest BCUT2D eigenvalue weighted by Gasteiger charge is 2.19. The summed E-state index contributed by atoms with van der Waals surface area (Å²) in [5.41, 5.74) is 0.406. The molecule has 5 nitrogen and oxygen atoms in total. The minimum absolute atomic E-state index is 0.0240. The van der Waals surface area contributed by atoms with Crippen molar-refractivity contribution >= 4 is 47.9 Å². The molecule has 0 bridgehead atoms. The van der Waals surface area contributed by atoms with Crippen LogP contribution in [0.4, 0.5) is 0 Å². The number of rotatable bonds is 5. The molecule has 0 radical (unpaired) electrons. The molecule has 104 valence electrons. The number of aromatic carboxylic acids is 1. The molecule has 0 spiro atoms. The summed E-state index contributed by atoms with van der Waals surface area (Å²) >= 11 is 6.19. The highest BCUT2D eigenvalue weighted by molar-refractivity contribution is 9.11. The van der Waals surface area contributed by atoms with Crippen LogP contribution in [0.25, 0.3) is 0 Å². The van der Waals surface area contributed by atoms with Gasteiger partial charge in [-0.2, -0.15) is 0 Å². The Morgan fingerprint density at radius 3 is 2.53 bits per heavy atom. The van der Waals surface area contributed by atoms with E-state index in [0.29, 0.717) is 14.5 Å². The van der Waals surface area contributed by atoms with Gasteiger partial charge in [-0.05, 0) is 24.6 Å². The lowest BCUT2D eigenvalue weighted by molar-refractivity contribution is 0.0695. The zero-order chi connectivity index (χ0) is 14.8. The van der Waals surface area contributed by atoms with Crippen LogP contribution >= 0.6 is 31.9 Å². The SMILES string of the molecule is C=C(Br)CNS(=O)(=O)c1cc(Br)c(C)c(C(=O)O)c1. The van der Waals surface area contributed by atoms with Crippen molar-refractivity contribution in [1.29, 1.82) is 0 Å². The van der Waals surface area contributed by atoms with Crippen molar-refractivity contribution in [3.63, 3.8) is 0 Å². The van der Waals surface area contributed by atoms with Gasteiger partial charge in [0.1, 0.15) is 0 Å². The highest BCUT2D eigenvalue weighted by Crippen LogP contribution is 2.25. The Morgan fingerprint density at radius 2 is 2.05 bits per heavy atom. The first-order chi connectivity index (χ1) is 8.65. The van der Waals surface area contributed by atoms with Crippen molar-refractivity contribution in [2.24, 2.45) is 0 Å². The first kappa shape index (κ1) is 16.4. The van der Waals surface area contributed by atoms with Crippen LogP contribution in [0.5, 0.6) is 0 Å². The first-order valence-electron chi connectivity index (χ1n) is 5.01. The number of carbonyl (C=O) groups is 1. The molecule has 0 atom stereocenters. The lowest BCUT2D eigenvalue weighted by atomic mass is 10.1. The van der Waals surface area contributed by atoms with Crippen molar-refractivity contribution in [3.05, 3.63) is 38.8 Å². The van der Waals surface area contributed by atoms with Gasteiger partial charge in [0.2, 0.25) is 10.0 Å². The van der Waals surface area contributed by atoms with E-state index in [4.69, 9.17) is 5.11 Å². The number of halogens is 2. The minimum Gasteiger partial charge on any atom is -0.478 e. The number of benzene rings is 1. The van der Waals surface area contributed by atoms with E-state index in [1.165, 1.54) is 6.07 Å². The van der Waals surface area contributed by atoms with Gasteiger partial charge in [-0.3, -0.25) is 0 Å². The van der Waals surface area contributed by atoms with Crippen molar-refractivity contribution in [1.82, 2.24) is 4.72 Å². The molecule has 1 aromatic rings. The molecule has 0 unspecified atom stereocenters. The van der Waals surface area contributed by atoms with Gasteiger partial charge in [0.15, 0.2) is 0 Å². The zero-order valence-corrected chi connectivity index (χ0v) is 13.9. The van der Waals surface area contributed by atoms with E-state index < -0.39 is 16.0 Å². The van der Waals surface area contributed by atoms with Crippen LogP contribution in [-0.2, 0) is 10.0 Å². The molecule has 8 heteroatoms. The molecule has 2 N–H and O–H groups in total. The minimum atomic E-state index is -3.78. The maximum Gasteiger partial charge on any atom is 0.336 e. The molecule has 19 heavy (non-hydrogen) atoms. The molecule has 0 aliphatic carbocycles. The number of carboxylic acids is 1. The van der Waals surface area contributed by atoms with E-state index in [1.54, 1.807) is 6.92 Å². The Labute approximate surface area is 128 Å². The molecule has 0 fully saturated rings. The third-order valence-electron chi connectivity index (χ3n) is 2.31. The Morgan fingerprint density at radius 1 is 1.47 bits per heavy atom. The highest BCUT2D eigenvalue weighted by atomic mass is 79.9. The fourth-order valence-corrected chi connectivity index (χ4v) is 3.30. The summed E-state index contributed by atoms with van der Waals surface area (Å²) in [4.78, 5) is 10.9. The summed E-state index contributed by atoms with van der Waals surface area (Å²) in [6, 6.07) is 2.49. The van der Waals surface area contributed by atoms with Gasteiger partial charge >= 0.3 is 5.97 Å². The van der Waals surface area contributed by atoms with Crippen molar-refractivity contribution in [2.45, 2.75) is 11.8 Å². The summed E-state index contributed by atoms with van der Waals surface area (Å²) in [6.45, 7) is 5.13. The van der Waals surface area contributed by atoms with Gasteiger partial charge in [0.05, 0.1) is 10.5 Å². The second-order valence-electron chi connectivity index (χ2n) is 3.72. The molecule has 0 amide bonds. The second kappa shape index (κ2) is 6.17. The van der Waals surface area contributed by atoms with Crippen molar-refractivity contribution in [3.8, 4) is 0 Å². The average molecular weight is 413 g/mol. The largest absolute Gasteiger partial charge is 0.478 e. The predicted molar refractivity (Wildman–Crippen MR) is 79.1 cm³/mol. The lowest BCUT2D eigenvalue weighted by Crippen LogP contribution is -2.25. The molecule has 1 rings (SSSR count). The molecular formula is C11H11Br2NO4S. The summed E-state index contributed by atoms with van der Waals surface area (Å²) in [5.74, 6) is -1.18. The monoisotopic (exact) mass is 411 g/mol. The van der Waals surface area contributed by atoms with Crippen LogP contribution in [0.3, 0.4) is 0 Å². The topological polar surface area (TPSA) is 83.5 Å². The van der Waals surface area contributed by atoms with Gasteiger partial charge in [-0.15, -0.1) is 0 Å². The first-order valence-corrected chi connectivity index (χ1v) is 8.08. The molecule has 1 aromatic carbocycles. The van der Waals surface area contributed by atoms with Crippen LogP contribution < -0.4 is 4.72 Å². The van der Waals surface area contributed by atoms with Crippen LogP contribution in [0.15, 0.2) is 32.6 Å². The maximum atomic E-state index is 12.0. The van der Waals surface area contributed by atoms with Gasteiger partial charge in [0.25, 0.3) is 0 Å². The molecule has 0 aromatic heterocycles. The number of carboxylic acid groups (broad SMARTS) is 1. The normalized spacial score (nSPS) is 11.3. The number of sulfonamides is 1. The standard InChI is InChI=1S/C11H11Br2NO4S/c1-6(12)5-14-19(17,18)8-3-9(11(15)16)7(2)10(13)4-8/h3-4,14H,1,5H2,2H3,(H,15,16). The fraction of sp³-hybridized carbons (Fsp3) is 0.182. The third-order valence-corrected chi connectivity index (χ3v) is 4.80. The third kappa shape index (κ3) is 4.13. The Balaban J connectivity index is 3.28. The molecule has 0 heterocycles. The van der Waals surface area contributed by atoms with Gasteiger partial charge in [0, 0.05) is 15.5 Å². The molecule has 0 saturated heterocycles.